The number of thiazole rings is 1. The number of piperidine rings is 1. The normalized spacial score (nSPS) is 19.6. The summed E-state index contributed by atoms with van der Waals surface area (Å²) in [5, 5.41) is 6.98. The number of aromatic nitrogens is 4. The number of hydrogen-bond donors (Lipinski definition) is 0. The van der Waals surface area contributed by atoms with Gasteiger partial charge < -0.3 is 4.90 Å². The van der Waals surface area contributed by atoms with E-state index in [0.29, 0.717) is 0 Å². The van der Waals surface area contributed by atoms with Gasteiger partial charge in [-0.25, -0.2) is 14.6 Å². The Bertz CT molecular complexity index is 524. The summed E-state index contributed by atoms with van der Waals surface area (Å²) in [6, 6.07) is 0.129. The first-order valence-corrected chi connectivity index (χ1v) is 7.24. The third-order valence-corrected chi connectivity index (χ3v) is 4.20. The first-order chi connectivity index (χ1) is 9.34. The molecule has 1 aliphatic rings. The molecule has 1 saturated heterocycles. The Morgan fingerprint density at radius 3 is 3.16 bits per heavy atom. The van der Waals surface area contributed by atoms with E-state index >= 15 is 0 Å². The maximum atomic E-state index is 12.4. The van der Waals surface area contributed by atoms with Crippen molar-refractivity contribution in [1.82, 2.24) is 24.6 Å². The molecule has 1 atom stereocenters. The van der Waals surface area contributed by atoms with Crippen molar-refractivity contribution in [3.05, 3.63) is 29.2 Å². The van der Waals surface area contributed by atoms with E-state index < -0.39 is 0 Å². The molecule has 3 rings (SSSR count). The molecule has 19 heavy (non-hydrogen) atoms. The van der Waals surface area contributed by atoms with E-state index in [2.05, 4.69) is 15.1 Å². The van der Waals surface area contributed by atoms with Crippen LogP contribution in [-0.2, 0) is 11.3 Å². The largest absolute Gasteiger partial charge is 0.332 e. The van der Waals surface area contributed by atoms with Crippen molar-refractivity contribution in [3.63, 3.8) is 0 Å². The van der Waals surface area contributed by atoms with Gasteiger partial charge in [0.2, 0.25) is 5.91 Å². The van der Waals surface area contributed by atoms with Gasteiger partial charge in [-0.1, -0.05) is 0 Å². The topological polar surface area (TPSA) is 63.9 Å². The van der Waals surface area contributed by atoms with E-state index in [-0.39, 0.29) is 18.5 Å². The van der Waals surface area contributed by atoms with Crippen molar-refractivity contribution in [2.75, 3.05) is 6.54 Å². The summed E-state index contributed by atoms with van der Waals surface area (Å²) in [6.07, 6.45) is 8.02. The van der Waals surface area contributed by atoms with Crippen LogP contribution in [0.3, 0.4) is 0 Å². The van der Waals surface area contributed by atoms with Crippen molar-refractivity contribution in [2.24, 2.45) is 0 Å². The minimum Gasteiger partial charge on any atom is -0.332 e. The maximum absolute atomic E-state index is 12.4. The molecule has 1 amide bonds. The highest BCUT2D eigenvalue weighted by Crippen LogP contribution is 2.32. The minimum atomic E-state index is 0.0883. The Morgan fingerprint density at radius 1 is 1.47 bits per heavy atom. The Hall–Kier alpha value is -1.76. The van der Waals surface area contributed by atoms with Crippen molar-refractivity contribution < 1.29 is 4.79 Å². The number of carbonyl (C=O) groups excluding carboxylic acids is 1. The minimum absolute atomic E-state index is 0.0883. The monoisotopic (exact) mass is 277 g/mol. The molecule has 0 unspecified atom stereocenters. The van der Waals surface area contributed by atoms with Crippen molar-refractivity contribution in [3.8, 4) is 0 Å². The van der Waals surface area contributed by atoms with E-state index in [1.165, 1.54) is 6.33 Å². The molecule has 0 saturated carbocycles. The van der Waals surface area contributed by atoms with Gasteiger partial charge in [-0.15, -0.1) is 11.3 Å². The highest BCUT2D eigenvalue weighted by molar-refractivity contribution is 7.09. The van der Waals surface area contributed by atoms with Gasteiger partial charge in [0.15, 0.2) is 0 Å². The summed E-state index contributed by atoms with van der Waals surface area (Å²) in [5.41, 5.74) is 0. The fourth-order valence-electron chi connectivity index (χ4n) is 2.43. The van der Waals surface area contributed by atoms with Crippen LogP contribution in [0.5, 0.6) is 0 Å². The summed E-state index contributed by atoms with van der Waals surface area (Å²) in [4.78, 5) is 22.5. The smallest absolute Gasteiger partial charge is 0.244 e. The second kappa shape index (κ2) is 5.48. The third kappa shape index (κ3) is 2.65. The zero-order chi connectivity index (χ0) is 13.1. The van der Waals surface area contributed by atoms with Crippen LogP contribution in [0.4, 0.5) is 0 Å². The molecule has 6 nitrogen and oxygen atoms in total. The third-order valence-electron chi connectivity index (χ3n) is 3.32. The molecular weight excluding hydrogens is 262 g/mol. The zero-order valence-corrected chi connectivity index (χ0v) is 11.3. The lowest BCUT2D eigenvalue weighted by molar-refractivity contribution is -0.135. The van der Waals surface area contributed by atoms with Crippen molar-refractivity contribution in [2.45, 2.75) is 31.8 Å². The lowest BCUT2D eigenvalue weighted by atomic mass is 10.0. The van der Waals surface area contributed by atoms with E-state index in [9.17, 15) is 4.79 Å². The lowest BCUT2D eigenvalue weighted by Crippen LogP contribution is -2.40. The van der Waals surface area contributed by atoms with E-state index in [1.54, 1.807) is 28.5 Å². The number of nitrogens with zero attached hydrogens (tertiary/aromatic N) is 5. The number of rotatable bonds is 3. The number of amides is 1. The van der Waals surface area contributed by atoms with Crippen LogP contribution in [0, 0.1) is 0 Å². The number of hydrogen-bond acceptors (Lipinski definition) is 5. The van der Waals surface area contributed by atoms with Gasteiger partial charge >= 0.3 is 0 Å². The Kier molecular flexibility index (Phi) is 3.54. The van der Waals surface area contributed by atoms with Gasteiger partial charge in [0, 0.05) is 18.1 Å². The van der Waals surface area contributed by atoms with E-state index in [0.717, 1.165) is 30.8 Å². The molecule has 1 fully saturated rings. The van der Waals surface area contributed by atoms with Crippen LogP contribution in [-0.4, -0.2) is 37.1 Å². The van der Waals surface area contributed by atoms with Gasteiger partial charge in [-0.3, -0.25) is 4.79 Å². The highest BCUT2D eigenvalue weighted by Gasteiger charge is 2.29. The second-order valence-corrected chi connectivity index (χ2v) is 5.49. The Morgan fingerprint density at radius 2 is 2.42 bits per heavy atom. The molecule has 1 aliphatic heterocycles. The van der Waals surface area contributed by atoms with Gasteiger partial charge in [-0.05, 0) is 19.3 Å². The summed E-state index contributed by atoms with van der Waals surface area (Å²) < 4.78 is 1.57. The molecule has 2 aromatic rings. The molecule has 7 heteroatoms. The molecule has 0 spiro atoms. The predicted octanol–water partition coefficient (Wildman–Crippen LogP) is 1.49. The van der Waals surface area contributed by atoms with Crippen molar-refractivity contribution in [1.29, 1.82) is 0 Å². The van der Waals surface area contributed by atoms with Gasteiger partial charge in [0.05, 0.1) is 6.04 Å². The molecule has 0 radical (unpaired) electrons. The van der Waals surface area contributed by atoms with Gasteiger partial charge in [0.25, 0.3) is 0 Å². The average Bonchev–Trinajstić information content (AvgIpc) is 3.11. The molecule has 0 aliphatic carbocycles. The Labute approximate surface area is 115 Å². The fraction of sp³-hybridized carbons (Fsp3) is 0.500. The molecule has 0 bridgehead atoms. The quantitative estimate of drug-likeness (QED) is 0.852. The predicted molar refractivity (Wildman–Crippen MR) is 70.4 cm³/mol. The van der Waals surface area contributed by atoms with Crippen LogP contribution >= 0.6 is 11.3 Å². The van der Waals surface area contributed by atoms with Gasteiger partial charge in [0.1, 0.15) is 24.2 Å². The summed E-state index contributed by atoms with van der Waals surface area (Å²) >= 11 is 1.62. The number of carbonyl (C=O) groups is 1. The van der Waals surface area contributed by atoms with E-state index in [4.69, 9.17) is 0 Å². The van der Waals surface area contributed by atoms with Gasteiger partial charge in [-0.2, -0.15) is 5.10 Å². The fourth-order valence-corrected chi connectivity index (χ4v) is 3.21. The van der Waals surface area contributed by atoms with Crippen LogP contribution < -0.4 is 0 Å². The summed E-state index contributed by atoms with van der Waals surface area (Å²) in [7, 11) is 0. The van der Waals surface area contributed by atoms with Crippen LogP contribution in [0.2, 0.25) is 0 Å². The average molecular weight is 277 g/mol. The molecule has 0 aromatic carbocycles. The first kappa shape index (κ1) is 12.3. The molecule has 3 heterocycles. The molecule has 2 aromatic heterocycles. The first-order valence-electron chi connectivity index (χ1n) is 6.36. The van der Waals surface area contributed by atoms with Crippen LogP contribution in [0.25, 0.3) is 0 Å². The maximum Gasteiger partial charge on any atom is 0.244 e. The number of likely N-dealkylation sites (tertiary alicyclic amines) is 1. The van der Waals surface area contributed by atoms with Crippen LogP contribution in [0.1, 0.15) is 30.3 Å². The van der Waals surface area contributed by atoms with Crippen molar-refractivity contribution >= 4 is 17.2 Å². The summed E-state index contributed by atoms with van der Waals surface area (Å²) in [6.45, 7) is 1.06. The zero-order valence-electron chi connectivity index (χ0n) is 10.5. The molecular formula is C12H15N5OS. The standard InChI is InChI=1S/C12H15N5OS/c18-11(7-16-9-13-8-15-16)17-5-2-1-3-10(17)12-14-4-6-19-12/h4,6,8-10H,1-3,5,7H2/t10-/m0/s1. The Balaban J connectivity index is 1.75. The lowest BCUT2D eigenvalue weighted by Gasteiger charge is -2.34. The molecule has 100 valence electrons. The van der Waals surface area contributed by atoms with Crippen LogP contribution in [0.15, 0.2) is 24.2 Å². The molecule has 0 N–H and O–H groups in total. The summed E-state index contributed by atoms with van der Waals surface area (Å²) in [5.74, 6) is 0.0883. The second-order valence-electron chi connectivity index (χ2n) is 4.56. The van der Waals surface area contributed by atoms with E-state index in [1.807, 2.05) is 10.3 Å². The highest BCUT2D eigenvalue weighted by atomic mass is 32.1. The SMILES string of the molecule is O=C(Cn1cncn1)N1CCCC[C@H]1c1nccs1.